The minimum atomic E-state index is -3.43. The third kappa shape index (κ3) is 7.34. The minimum absolute atomic E-state index is 0.0449. The van der Waals surface area contributed by atoms with Crippen molar-refractivity contribution in [1.29, 1.82) is 0 Å². The average Bonchev–Trinajstić information content (AvgIpc) is 3.54. The van der Waals surface area contributed by atoms with Gasteiger partial charge in [-0.3, -0.25) is 4.79 Å². The highest BCUT2D eigenvalue weighted by atomic mass is 32.2. The van der Waals surface area contributed by atoms with Gasteiger partial charge in [-0.2, -0.15) is 13.8 Å². The maximum Gasteiger partial charge on any atom is 0.303 e. The minimum Gasteiger partial charge on any atom is -0.438 e. The van der Waals surface area contributed by atoms with Gasteiger partial charge in [0, 0.05) is 24.8 Å². The van der Waals surface area contributed by atoms with Crippen LogP contribution < -0.4 is 10.1 Å². The van der Waals surface area contributed by atoms with Gasteiger partial charge in [0.15, 0.2) is 9.84 Å². The zero-order valence-electron chi connectivity index (χ0n) is 17.5. The second kappa shape index (κ2) is 9.70. The molecule has 1 saturated carbocycles. The molecule has 1 amide bonds. The Labute approximate surface area is 184 Å². The summed E-state index contributed by atoms with van der Waals surface area (Å²) in [6.45, 7) is 0.679. The van der Waals surface area contributed by atoms with Gasteiger partial charge in [-0.1, -0.05) is 18.2 Å². The number of rotatable bonds is 10. The van der Waals surface area contributed by atoms with Crippen molar-refractivity contribution in [2.24, 2.45) is 0 Å². The van der Waals surface area contributed by atoms with E-state index < -0.39 is 33.5 Å². The Hall–Kier alpha value is -2.92. The van der Waals surface area contributed by atoms with Crippen LogP contribution in [0.25, 0.3) is 0 Å². The van der Waals surface area contributed by atoms with Crippen LogP contribution in [0, 0.1) is 0 Å². The van der Waals surface area contributed by atoms with Crippen molar-refractivity contribution < 1.29 is 31.5 Å². The van der Waals surface area contributed by atoms with Gasteiger partial charge < -0.3 is 14.8 Å². The summed E-state index contributed by atoms with van der Waals surface area (Å²) in [4.78, 5) is 20.3. The molecule has 1 aromatic carbocycles. The smallest absolute Gasteiger partial charge is 0.303 e. The predicted molar refractivity (Wildman–Crippen MR) is 112 cm³/mol. The number of alkyl halides is 2. The van der Waals surface area contributed by atoms with Crippen LogP contribution in [-0.2, 0) is 20.5 Å². The van der Waals surface area contributed by atoms with Crippen LogP contribution in [0.1, 0.15) is 35.9 Å². The van der Waals surface area contributed by atoms with E-state index in [1.807, 2.05) is 0 Å². The van der Waals surface area contributed by atoms with Gasteiger partial charge in [0.25, 0.3) is 5.91 Å². The van der Waals surface area contributed by atoms with E-state index in [1.54, 1.807) is 30.3 Å². The predicted octanol–water partition coefficient (Wildman–Crippen LogP) is 3.22. The summed E-state index contributed by atoms with van der Waals surface area (Å²) in [6.07, 6.45) is 5.13. The van der Waals surface area contributed by atoms with E-state index in [-0.39, 0.29) is 29.9 Å². The van der Waals surface area contributed by atoms with Crippen molar-refractivity contribution in [3.63, 3.8) is 0 Å². The molecule has 172 valence electrons. The summed E-state index contributed by atoms with van der Waals surface area (Å²) < 4.78 is 61.6. The largest absolute Gasteiger partial charge is 0.438 e. The van der Waals surface area contributed by atoms with E-state index in [1.165, 1.54) is 6.08 Å². The van der Waals surface area contributed by atoms with Crippen LogP contribution in [0.5, 0.6) is 11.6 Å². The highest BCUT2D eigenvalue weighted by Crippen LogP contribution is 2.29. The number of ether oxygens (including phenoxy) is 2. The van der Waals surface area contributed by atoms with Crippen molar-refractivity contribution >= 4 is 15.7 Å². The second-order valence-corrected chi connectivity index (χ2v) is 9.42. The Kier molecular flexibility index (Phi) is 7.19. The van der Waals surface area contributed by atoms with Gasteiger partial charge in [-0.25, -0.2) is 13.4 Å². The third-order valence-corrected chi connectivity index (χ3v) is 4.91. The molecule has 11 heteroatoms. The van der Waals surface area contributed by atoms with E-state index in [0.29, 0.717) is 6.92 Å². The molecule has 1 atom stereocenters. The fourth-order valence-electron chi connectivity index (χ4n) is 2.51. The van der Waals surface area contributed by atoms with E-state index in [0.717, 1.165) is 30.7 Å². The lowest BCUT2D eigenvalue weighted by Gasteiger charge is -2.17. The standard InChI is InChI=1S/C21H23F2N3O5S/c1-21(22,23)20-24-12-17(19(26-20)31-16-6-4-3-5-7-16)18(27)25-14(10-11-32(2,28)29)13-30-15-8-9-15/h3-7,10-12,14-15H,8-9,13H2,1-2H3,(H,25,27). The first kappa shape index (κ1) is 23.7. The molecule has 0 bridgehead atoms. The number of benzene rings is 1. The summed E-state index contributed by atoms with van der Waals surface area (Å²) in [7, 11) is -3.43. The third-order valence-electron chi connectivity index (χ3n) is 4.26. The number of carbonyl (C=O) groups excluding carboxylic acids is 1. The number of para-hydroxylation sites is 1. The Balaban J connectivity index is 1.87. The summed E-state index contributed by atoms with van der Waals surface area (Å²) in [5.74, 6) is -4.94. The number of carbonyl (C=O) groups is 1. The number of nitrogens with one attached hydrogen (secondary N) is 1. The molecule has 1 N–H and O–H groups in total. The number of hydrogen-bond acceptors (Lipinski definition) is 7. The quantitative estimate of drug-likeness (QED) is 0.572. The maximum absolute atomic E-state index is 13.7. The Morgan fingerprint density at radius 2 is 2.00 bits per heavy atom. The summed E-state index contributed by atoms with van der Waals surface area (Å²) in [5.41, 5.74) is -0.189. The first-order chi connectivity index (χ1) is 15.0. The van der Waals surface area contributed by atoms with E-state index in [4.69, 9.17) is 9.47 Å². The van der Waals surface area contributed by atoms with E-state index >= 15 is 0 Å². The number of amides is 1. The highest BCUT2D eigenvalue weighted by Gasteiger charge is 2.31. The van der Waals surface area contributed by atoms with Gasteiger partial charge in [-0.05, 0) is 31.1 Å². The Bertz CT molecular complexity index is 1080. The van der Waals surface area contributed by atoms with E-state index in [9.17, 15) is 22.0 Å². The van der Waals surface area contributed by atoms with Crippen molar-refractivity contribution in [1.82, 2.24) is 15.3 Å². The van der Waals surface area contributed by atoms with Crippen molar-refractivity contribution in [3.8, 4) is 11.6 Å². The Morgan fingerprint density at radius 3 is 2.59 bits per heavy atom. The average molecular weight is 467 g/mol. The van der Waals surface area contributed by atoms with Crippen molar-refractivity contribution in [3.05, 3.63) is 59.4 Å². The molecule has 1 heterocycles. The first-order valence-electron chi connectivity index (χ1n) is 9.80. The fraction of sp³-hybridized carbons (Fsp3) is 0.381. The zero-order chi connectivity index (χ0) is 23.4. The van der Waals surface area contributed by atoms with E-state index in [2.05, 4.69) is 15.3 Å². The van der Waals surface area contributed by atoms with Crippen molar-refractivity contribution in [2.75, 3.05) is 12.9 Å². The number of halogens is 2. The summed E-state index contributed by atoms with van der Waals surface area (Å²) >= 11 is 0. The molecule has 1 aromatic heterocycles. The monoisotopic (exact) mass is 467 g/mol. The SMILES string of the molecule is CC(F)(F)c1ncc(C(=O)NC(C=CS(C)(=O)=O)COC2CC2)c(Oc2ccccc2)n1. The van der Waals surface area contributed by atoms with Gasteiger partial charge in [-0.15, -0.1) is 0 Å². The van der Waals surface area contributed by atoms with Crippen LogP contribution in [-0.4, -0.2) is 49.3 Å². The molecule has 1 aliphatic rings. The van der Waals surface area contributed by atoms with Crippen LogP contribution in [0.15, 0.2) is 48.0 Å². The first-order valence-corrected chi connectivity index (χ1v) is 11.8. The summed E-state index contributed by atoms with van der Waals surface area (Å²) in [6, 6.07) is 7.46. The molecule has 1 fully saturated rings. The molecule has 32 heavy (non-hydrogen) atoms. The molecule has 2 aromatic rings. The highest BCUT2D eigenvalue weighted by molar-refractivity contribution is 7.93. The lowest BCUT2D eigenvalue weighted by atomic mass is 10.2. The van der Waals surface area contributed by atoms with Crippen molar-refractivity contribution in [2.45, 2.75) is 37.8 Å². The van der Waals surface area contributed by atoms with Crippen LogP contribution in [0.3, 0.4) is 0 Å². The molecule has 8 nitrogen and oxygen atoms in total. The molecule has 0 aliphatic heterocycles. The molecule has 0 spiro atoms. The number of sulfone groups is 1. The normalized spacial score (nSPS) is 15.5. The maximum atomic E-state index is 13.7. The number of aromatic nitrogens is 2. The second-order valence-electron chi connectivity index (χ2n) is 7.49. The molecular weight excluding hydrogens is 444 g/mol. The number of nitrogens with zero attached hydrogens (tertiary/aromatic N) is 2. The molecule has 3 rings (SSSR count). The zero-order valence-corrected chi connectivity index (χ0v) is 18.3. The summed E-state index contributed by atoms with van der Waals surface area (Å²) in [5, 5.41) is 3.58. The van der Waals surface area contributed by atoms with Crippen LogP contribution in [0.4, 0.5) is 8.78 Å². The fourth-order valence-corrected chi connectivity index (χ4v) is 2.99. The van der Waals surface area contributed by atoms with Gasteiger partial charge >= 0.3 is 5.92 Å². The lowest BCUT2D eigenvalue weighted by Crippen LogP contribution is -2.37. The molecule has 1 unspecified atom stereocenters. The van der Waals surface area contributed by atoms with Crippen LogP contribution in [0.2, 0.25) is 0 Å². The molecule has 1 aliphatic carbocycles. The van der Waals surface area contributed by atoms with Gasteiger partial charge in [0.1, 0.15) is 11.3 Å². The number of hydrogen-bond donors (Lipinski definition) is 1. The lowest BCUT2D eigenvalue weighted by molar-refractivity contribution is 0.00707. The topological polar surface area (TPSA) is 107 Å². The molecular formula is C21H23F2N3O5S. The van der Waals surface area contributed by atoms with Crippen LogP contribution >= 0.6 is 0 Å². The molecule has 0 radical (unpaired) electrons. The van der Waals surface area contributed by atoms with Gasteiger partial charge in [0.2, 0.25) is 11.7 Å². The van der Waals surface area contributed by atoms with Gasteiger partial charge in [0.05, 0.1) is 18.8 Å². The molecule has 0 saturated heterocycles. The Morgan fingerprint density at radius 1 is 1.31 bits per heavy atom.